The Balaban J connectivity index is -0.000000394. The quantitative estimate of drug-likeness (QED) is 0.201. The maximum absolute atomic E-state index is 11.0. The van der Waals surface area contributed by atoms with Gasteiger partial charge < -0.3 is 19.7 Å². The molecule has 0 saturated carbocycles. The molecule has 0 rings (SSSR count). The molecule has 0 aliphatic carbocycles. The highest BCUT2D eigenvalue weighted by atomic mass is 17.1. The van der Waals surface area contributed by atoms with Crippen molar-refractivity contribution < 1.29 is 44.2 Å². The second kappa shape index (κ2) is 25.5. The Labute approximate surface area is 155 Å². The second-order valence-corrected chi connectivity index (χ2v) is 5.00. The van der Waals surface area contributed by atoms with Crippen molar-refractivity contribution in [3.05, 3.63) is 0 Å². The number of ether oxygens (including phenoxy) is 2. The molecule has 0 heterocycles. The van der Waals surface area contributed by atoms with E-state index in [1.54, 1.807) is 0 Å². The molecule has 0 radical (unpaired) electrons. The molecule has 26 heavy (non-hydrogen) atoms. The van der Waals surface area contributed by atoms with E-state index < -0.39 is 5.97 Å². The zero-order valence-electron chi connectivity index (χ0n) is 16.1. The number of carbonyl (C=O) groups is 3. The summed E-state index contributed by atoms with van der Waals surface area (Å²) in [5.41, 5.74) is 0. The van der Waals surface area contributed by atoms with Crippen LogP contribution in [0.5, 0.6) is 0 Å². The average molecular weight is 382 g/mol. The van der Waals surface area contributed by atoms with Crippen LogP contribution in [-0.4, -0.2) is 59.8 Å². The largest absolute Gasteiger partial charge is 0.481 e. The minimum atomic E-state index is -0.711. The summed E-state index contributed by atoms with van der Waals surface area (Å²) in [4.78, 5) is 34.9. The van der Waals surface area contributed by atoms with Crippen molar-refractivity contribution in [2.45, 2.75) is 65.7 Å². The molecule has 0 aliphatic heterocycles. The first-order valence-corrected chi connectivity index (χ1v) is 8.79. The number of hydrogen-bond donors (Lipinski definition) is 3. The van der Waals surface area contributed by atoms with Gasteiger partial charge in [-0.3, -0.25) is 19.6 Å². The first-order valence-electron chi connectivity index (χ1n) is 8.79. The highest BCUT2D eigenvalue weighted by molar-refractivity contribution is 5.70. The lowest BCUT2D eigenvalue weighted by atomic mass is 10.2. The van der Waals surface area contributed by atoms with Crippen LogP contribution in [0, 0.1) is 0 Å². The molecule has 156 valence electrons. The van der Waals surface area contributed by atoms with Gasteiger partial charge in [0.2, 0.25) is 0 Å². The second-order valence-electron chi connectivity index (χ2n) is 5.00. The number of aliphatic hydroxyl groups excluding tert-OH is 1. The number of unbranched alkanes of at least 4 members (excludes halogenated alkanes) is 1. The molecule has 0 aromatic rings. The van der Waals surface area contributed by atoms with Crippen LogP contribution in [0.4, 0.5) is 0 Å². The SMILES string of the molecule is CCCC(=O)O.CCCCC(=O)OCCOC(=O)CCC.OCCOO. The van der Waals surface area contributed by atoms with Gasteiger partial charge in [0, 0.05) is 19.3 Å². The van der Waals surface area contributed by atoms with Crippen LogP contribution < -0.4 is 0 Å². The summed E-state index contributed by atoms with van der Waals surface area (Å²) >= 11 is 0. The van der Waals surface area contributed by atoms with Crippen molar-refractivity contribution in [3.8, 4) is 0 Å². The lowest BCUT2D eigenvalue weighted by molar-refractivity contribution is -0.246. The number of aliphatic carboxylic acids is 1. The fraction of sp³-hybridized carbons (Fsp3) is 0.824. The predicted molar refractivity (Wildman–Crippen MR) is 94.6 cm³/mol. The molecule has 0 aromatic heterocycles. The first kappa shape index (κ1) is 29.1. The molecule has 0 saturated heterocycles. The van der Waals surface area contributed by atoms with Crippen LogP contribution in [-0.2, 0) is 28.7 Å². The Hall–Kier alpha value is -1.71. The van der Waals surface area contributed by atoms with Crippen LogP contribution >= 0.6 is 0 Å². The highest BCUT2D eigenvalue weighted by Crippen LogP contribution is 1.97. The summed E-state index contributed by atoms with van der Waals surface area (Å²) in [6.45, 7) is 5.96. The number of aliphatic hydroxyl groups is 1. The fourth-order valence-electron chi connectivity index (χ4n) is 1.24. The third-order valence-corrected chi connectivity index (χ3v) is 2.44. The first-order chi connectivity index (χ1) is 12.4. The monoisotopic (exact) mass is 382 g/mol. The topological polar surface area (TPSA) is 140 Å². The van der Waals surface area contributed by atoms with Crippen molar-refractivity contribution in [1.29, 1.82) is 0 Å². The zero-order chi connectivity index (χ0) is 20.6. The summed E-state index contributed by atoms with van der Waals surface area (Å²) in [7, 11) is 0. The smallest absolute Gasteiger partial charge is 0.305 e. The lowest BCUT2D eigenvalue weighted by Gasteiger charge is -2.05. The Morgan fingerprint density at radius 3 is 1.54 bits per heavy atom. The Bertz CT molecular complexity index is 330. The van der Waals surface area contributed by atoms with E-state index in [9.17, 15) is 14.4 Å². The molecule has 0 aliphatic rings. The molecular formula is C17H34O9. The van der Waals surface area contributed by atoms with Gasteiger partial charge >= 0.3 is 17.9 Å². The minimum Gasteiger partial charge on any atom is -0.481 e. The molecule has 0 spiro atoms. The number of carboxylic acids is 1. The maximum Gasteiger partial charge on any atom is 0.305 e. The van der Waals surface area contributed by atoms with E-state index in [4.69, 9.17) is 24.9 Å². The van der Waals surface area contributed by atoms with Gasteiger partial charge in [0.25, 0.3) is 0 Å². The van der Waals surface area contributed by atoms with Crippen molar-refractivity contribution in [2.24, 2.45) is 0 Å². The number of carbonyl (C=O) groups excluding carboxylic acids is 2. The van der Waals surface area contributed by atoms with Crippen LogP contribution in [0.2, 0.25) is 0 Å². The molecule has 9 nitrogen and oxygen atoms in total. The Morgan fingerprint density at radius 2 is 1.27 bits per heavy atom. The van der Waals surface area contributed by atoms with E-state index >= 15 is 0 Å². The molecule has 0 atom stereocenters. The van der Waals surface area contributed by atoms with Gasteiger partial charge in [-0.1, -0.05) is 27.2 Å². The summed E-state index contributed by atoms with van der Waals surface area (Å²) in [6.07, 6.45) is 4.47. The van der Waals surface area contributed by atoms with Gasteiger partial charge in [-0.25, -0.2) is 4.89 Å². The number of rotatable bonds is 12. The number of esters is 2. The van der Waals surface area contributed by atoms with Crippen molar-refractivity contribution in [2.75, 3.05) is 26.4 Å². The van der Waals surface area contributed by atoms with Crippen LogP contribution in [0.25, 0.3) is 0 Å². The van der Waals surface area contributed by atoms with Crippen molar-refractivity contribution in [3.63, 3.8) is 0 Å². The molecule has 9 heteroatoms. The van der Waals surface area contributed by atoms with Crippen LogP contribution in [0.3, 0.4) is 0 Å². The molecule has 0 unspecified atom stereocenters. The Kier molecular flexibility index (Phi) is 28.5. The van der Waals surface area contributed by atoms with E-state index in [1.807, 2.05) is 20.8 Å². The van der Waals surface area contributed by atoms with E-state index in [2.05, 4.69) is 4.89 Å². The normalized spacial score (nSPS) is 9.12. The van der Waals surface area contributed by atoms with Gasteiger partial charge in [0.1, 0.15) is 19.8 Å². The van der Waals surface area contributed by atoms with E-state index in [0.717, 1.165) is 25.7 Å². The maximum atomic E-state index is 11.0. The Morgan fingerprint density at radius 1 is 0.769 bits per heavy atom. The van der Waals surface area contributed by atoms with E-state index in [1.165, 1.54) is 0 Å². The number of hydrogen-bond acceptors (Lipinski definition) is 8. The molecule has 0 amide bonds. The minimum absolute atomic E-state index is 0. The van der Waals surface area contributed by atoms with Crippen molar-refractivity contribution in [1.82, 2.24) is 0 Å². The van der Waals surface area contributed by atoms with Crippen molar-refractivity contribution >= 4 is 17.9 Å². The summed E-state index contributed by atoms with van der Waals surface area (Å²) in [5, 5.41) is 23.1. The fourth-order valence-corrected chi connectivity index (χ4v) is 1.24. The lowest BCUT2D eigenvalue weighted by Crippen LogP contribution is -2.13. The van der Waals surface area contributed by atoms with Gasteiger partial charge in [0.15, 0.2) is 0 Å². The average Bonchev–Trinajstić information content (AvgIpc) is 2.59. The van der Waals surface area contributed by atoms with Gasteiger partial charge in [-0.05, 0) is 19.3 Å². The third-order valence-electron chi connectivity index (χ3n) is 2.44. The predicted octanol–water partition coefficient (Wildman–Crippen LogP) is 2.40. The molecule has 0 bridgehead atoms. The molecular weight excluding hydrogens is 348 g/mol. The van der Waals surface area contributed by atoms with E-state index in [0.29, 0.717) is 19.3 Å². The summed E-state index contributed by atoms with van der Waals surface area (Å²) < 4.78 is 9.68. The third kappa shape index (κ3) is 33.8. The molecule has 0 aromatic carbocycles. The number of carboxylic acid groups (broad SMARTS) is 1. The standard InChI is InChI=1S/C11H20O4.C4H8O2.C2H6O3/c1-3-5-7-11(13)15-9-8-14-10(12)6-4-2;1-2-3-4(5)6;3-1-2-5-4/h3-9H2,1-2H3;2-3H2,1H3,(H,5,6);3-4H,1-2H2. The highest BCUT2D eigenvalue weighted by Gasteiger charge is 2.03. The van der Waals surface area contributed by atoms with Gasteiger partial charge in [-0.2, -0.15) is 0 Å². The summed E-state index contributed by atoms with van der Waals surface area (Å²) in [5.74, 6) is -1.16. The van der Waals surface area contributed by atoms with E-state index in [-0.39, 0.29) is 38.4 Å². The zero-order valence-corrected chi connectivity index (χ0v) is 16.1. The molecule has 0 fully saturated rings. The van der Waals surface area contributed by atoms with Gasteiger partial charge in [0.05, 0.1) is 6.61 Å². The van der Waals surface area contributed by atoms with Crippen LogP contribution in [0.1, 0.15) is 65.7 Å². The molecule has 3 N–H and O–H groups in total. The van der Waals surface area contributed by atoms with Gasteiger partial charge in [-0.15, -0.1) is 0 Å². The summed E-state index contributed by atoms with van der Waals surface area (Å²) in [6, 6.07) is 0. The van der Waals surface area contributed by atoms with Crippen LogP contribution in [0.15, 0.2) is 0 Å².